The van der Waals surface area contributed by atoms with E-state index in [1.54, 1.807) is 18.2 Å². The Morgan fingerprint density at radius 2 is 2.00 bits per heavy atom. The molecule has 19 heavy (non-hydrogen) atoms. The number of aromatic nitrogens is 1. The monoisotopic (exact) mass is 273 g/mol. The van der Waals surface area contributed by atoms with E-state index < -0.39 is 5.82 Å². The number of carbonyl (C=O) groups is 1. The lowest BCUT2D eigenvalue weighted by molar-refractivity contribution is 0.111. The minimum absolute atomic E-state index is 0.0229. The number of rotatable bonds is 3. The topological polar surface area (TPSA) is 43.1 Å². The first-order chi connectivity index (χ1) is 9.28. The van der Waals surface area contributed by atoms with E-state index in [9.17, 15) is 9.18 Å². The van der Waals surface area contributed by atoms with Crippen LogP contribution in [0.5, 0.6) is 0 Å². The molecule has 0 atom stereocenters. The van der Waals surface area contributed by atoms with E-state index in [0.717, 1.165) is 17.3 Å². The lowest BCUT2D eigenvalue weighted by Gasteiger charge is -2.01. The number of hydrogen-bond donors (Lipinski definition) is 0. The molecule has 0 saturated carbocycles. The first-order valence-electron chi connectivity index (χ1n) is 5.55. The summed E-state index contributed by atoms with van der Waals surface area (Å²) in [6.45, 7) is 0. The molecule has 1 heterocycles. The molecule has 0 aliphatic carbocycles. The van der Waals surface area contributed by atoms with Crippen LogP contribution in [0.2, 0.25) is 0 Å². The highest BCUT2D eigenvalue weighted by Crippen LogP contribution is 2.32. The van der Waals surface area contributed by atoms with E-state index in [1.807, 2.05) is 18.2 Å². The fraction of sp³-hybridized carbons (Fsp3) is 0. The standard InChI is InChI=1S/C14H8FNO2S/c15-10-4-3-7-13(9(10)8-17)19-14-16-11-5-1-2-6-12(11)18-14/h1-8H. The average molecular weight is 273 g/mol. The van der Waals surface area contributed by atoms with Crippen LogP contribution in [0.3, 0.4) is 0 Å². The molecule has 2 aromatic carbocycles. The van der Waals surface area contributed by atoms with Crippen molar-refractivity contribution in [2.75, 3.05) is 0 Å². The van der Waals surface area contributed by atoms with Crippen molar-refractivity contribution in [3.05, 3.63) is 53.8 Å². The minimum Gasteiger partial charge on any atom is -0.431 e. The van der Waals surface area contributed by atoms with Crippen molar-refractivity contribution < 1.29 is 13.6 Å². The van der Waals surface area contributed by atoms with Crippen molar-refractivity contribution in [2.24, 2.45) is 0 Å². The quantitative estimate of drug-likeness (QED) is 0.678. The Morgan fingerprint density at radius 1 is 1.16 bits per heavy atom. The number of aldehydes is 1. The number of fused-ring (bicyclic) bond motifs is 1. The van der Waals surface area contributed by atoms with Crippen molar-refractivity contribution in [3.8, 4) is 0 Å². The van der Waals surface area contributed by atoms with Crippen LogP contribution in [0, 0.1) is 5.82 Å². The van der Waals surface area contributed by atoms with Crippen LogP contribution in [-0.4, -0.2) is 11.3 Å². The maximum absolute atomic E-state index is 13.5. The van der Waals surface area contributed by atoms with Gasteiger partial charge in [-0.2, -0.15) is 0 Å². The zero-order valence-corrected chi connectivity index (χ0v) is 10.5. The normalized spacial score (nSPS) is 10.8. The van der Waals surface area contributed by atoms with Gasteiger partial charge in [-0.15, -0.1) is 0 Å². The summed E-state index contributed by atoms with van der Waals surface area (Å²) in [6, 6.07) is 11.8. The molecule has 0 aliphatic heterocycles. The van der Waals surface area contributed by atoms with E-state index in [4.69, 9.17) is 4.42 Å². The maximum Gasteiger partial charge on any atom is 0.261 e. The Bertz CT molecular complexity index is 721. The Hall–Kier alpha value is -2.14. The van der Waals surface area contributed by atoms with Gasteiger partial charge in [0.25, 0.3) is 5.22 Å². The molecule has 0 bridgehead atoms. The third kappa shape index (κ3) is 2.24. The van der Waals surface area contributed by atoms with E-state index in [2.05, 4.69) is 4.98 Å². The van der Waals surface area contributed by atoms with Crippen LogP contribution in [-0.2, 0) is 0 Å². The lowest BCUT2D eigenvalue weighted by Crippen LogP contribution is -1.90. The number of para-hydroxylation sites is 2. The number of benzene rings is 2. The Balaban J connectivity index is 2.01. The van der Waals surface area contributed by atoms with Gasteiger partial charge in [0.2, 0.25) is 0 Å². The Morgan fingerprint density at radius 3 is 2.79 bits per heavy atom. The first kappa shape index (κ1) is 11.9. The molecule has 3 aromatic rings. The summed E-state index contributed by atoms with van der Waals surface area (Å²) in [4.78, 5) is 15.7. The molecule has 0 unspecified atom stereocenters. The zero-order chi connectivity index (χ0) is 13.2. The maximum atomic E-state index is 13.5. The van der Waals surface area contributed by atoms with Gasteiger partial charge in [0, 0.05) is 4.90 Å². The summed E-state index contributed by atoms with van der Waals surface area (Å²) >= 11 is 1.13. The average Bonchev–Trinajstić information content (AvgIpc) is 2.81. The molecule has 0 N–H and O–H groups in total. The largest absolute Gasteiger partial charge is 0.431 e. The van der Waals surface area contributed by atoms with Gasteiger partial charge < -0.3 is 4.42 Å². The van der Waals surface area contributed by atoms with Crippen molar-refractivity contribution in [1.29, 1.82) is 0 Å². The Kier molecular flexibility index (Phi) is 3.05. The van der Waals surface area contributed by atoms with Gasteiger partial charge >= 0.3 is 0 Å². The molecule has 5 heteroatoms. The highest BCUT2D eigenvalue weighted by atomic mass is 32.2. The fourth-order valence-electron chi connectivity index (χ4n) is 1.71. The molecule has 0 amide bonds. The molecule has 3 rings (SSSR count). The van der Waals surface area contributed by atoms with Gasteiger partial charge in [-0.25, -0.2) is 9.37 Å². The number of hydrogen-bond acceptors (Lipinski definition) is 4. The smallest absolute Gasteiger partial charge is 0.261 e. The molecule has 0 spiro atoms. The highest BCUT2D eigenvalue weighted by Gasteiger charge is 2.12. The Labute approximate surface area is 112 Å². The third-order valence-electron chi connectivity index (χ3n) is 2.60. The van der Waals surface area contributed by atoms with Gasteiger partial charge in [0.05, 0.1) is 5.56 Å². The number of halogens is 1. The van der Waals surface area contributed by atoms with E-state index in [1.165, 1.54) is 6.07 Å². The van der Waals surface area contributed by atoms with Crippen molar-refractivity contribution in [2.45, 2.75) is 10.1 Å². The van der Waals surface area contributed by atoms with Gasteiger partial charge in [0.1, 0.15) is 11.3 Å². The van der Waals surface area contributed by atoms with Gasteiger partial charge in [0.15, 0.2) is 11.9 Å². The molecule has 0 fully saturated rings. The van der Waals surface area contributed by atoms with Crippen LogP contribution >= 0.6 is 11.8 Å². The molecular formula is C14H8FNO2S. The zero-order valence-electron chi connectivity index (χ0n) is 9.67. The predicted octanol–water partition coefficient (Wildman–Crippen LogP) is 3.93. The van der Waals surface area contributed by atoms with Crippen LogP contribution in [0.4, 0.5) is 4.39 Å². The molecule has 3 nitrogen and oxygen atoms in total. The van der Waals surface area contributed by atoms with Gasteiger partial charge in [-0.3, -0.25) is 4.79 Å². The minimum atomic E-state index is -0.545. The second-order valence-electron chi connectivity index (χ2n) is 3.82. The molecule has 0 radical (unpaired) electrons. The predicted molar refractivity (Wildman–Crippen MR) is 69.9 cm³/mol. The van der Waals surface area contributed by atoms with Crippen LogP contribution in [0.1, 0.15) is 10.4 Å². The van der Waals surface area contributed by atoms with E-state index in [-0.39, 0.29) is 5.56 Å². The summed E-state index contributed by atoms with van der Waals surface area (Å²) in [5.41, 5.74) is 1.41. The molecule has 0 saturated heterocycles. The van der Waals surface area contributed by atoms with Crippen molar-refractivity contribution >= 4 is 29.1 Å². The van der Waals surface area contributed by atoms with E-state index >= 15 is 0 Å². The molecule has 0 aliphatic rings. The second-order valence-corrected chi connectivity index (χ2v) is 4.81. The number of carbonyl (C=O) groups excluding carboxylic acids is 1. The number of oxazole rings is 1. The highest BCUT2D eigenvalue weighted by molar-refractivity contribution is 7.99. The SMILES string of the molecule is O=Cc1c(F)cccc1Sc1nc2ccccc2o1. The third-order valence-corrected chi connectivity index (χ3v) is 3.53. The van der Waals surface area contributed by atoms with Crippen molar-refractivity contribution in [1.82, 2.24) is 4.98 Å². The molecule has 94 valence electrons. The summed E-state index contributed by atoms with van der Waals surface area (Å²) in [5, 5.41) is 0.384. The van der Waals surface area contributed by atoms with Crippen molar-refractivity contribution in [3.63, 3.8) is 0 Å². The van der Waals surface area contributed by atoms with E-state index in [0.29, 0.717) is 22.0 Å². The molecular weight excluding hydrogens is 265 g/mol. The summed E-state index contributed by atoms with van der Waals surface area (Å²) < 4.78 is 19.0. The summed E-state index contributed by atoms with van der Waals surface area (Å²) in [6.07, 6.45) is 0.500. The molecule has 1 aromatic heterocycles. The van der Waals surface area contributed by atoms with Gasteiger partial charge in [-0.1, -0.05) is 18.2 Å². The summed E-state index contributed by atoms with van der Waals surface area (Å²) in [7, 11) is 0. The summed E-state index contributed by atoms with van der Waals surface area (Å²) in [5.74, 6) is -0.545. The van der Waals surface area contributed by atoms with Gasteiger partial charge in [-0.05, 0) is 36.0 Å². The van der Waals surface area contributed by atoms with Crippen LogP contribution < -0.4 is 0 Å². The lowest BCUT2D eigenvalue weighted by atomic mass is 10.2. The van der Waals surface area contributed by atoms with Crippen LogP contribution in [0.15, 0.2) is 57.0 Å². The number of nitrogens with zero attached hydrogens (tertiary/aromatic N) is 1. The van der Waals surface area contributed by atoms with Crippen LogP contribution in [0.25, 0.3) is 11.1 Å². The second kappa shape index (κ2) is 4.85. The first-order valence-corrected chi connectivity index (χ1v) is 6.36. The fourth-order valence-corrected chi connectivity index (χ4v) is 2.58.